The minimum absolute atomic E-state index is 0.0104. The molecule has 33 heavy (non-hydrogen) atoms. The summed E-state index contributed by atoms with van der Waals surface area (Å²) in [5.74, 6) is 1.58. The molecule has 0 aromatic carbocycles. The fraction of sp³-hybridized carbons (Fsp3) is 0.667. The van der Waals surface area contributed by atoms with Crippen molar-refractivity contribution < 1.29 is 22.6 Å². The molecule has 5 rings (SSSR count). The number of hydrogen-bond donors (Lipinski definition) is 1. The number of ether oxygens (including phenoxy) is 2. The van der Waals surface area contributed by atoms with Crippen molar-refractivity contribution in [2.45, 2.75) is 69.3 Å². The van der Waals surface area contributed by atoms with Gasteiger partial charge in [0.25, 0.3) is 0 Å². The number of alkyl halides is 3. The van der Waals surface area contributed by atoms with E-state index in [4.69, 9.17) is 9.47 Å². The Balaban J connectivity index is 1.30. The molecule has 2 fully saturated rings. The molecule has 4 heterocycles. The molecule has 0 unspecified atom stereocenters. The zero-order valence-corrected chi connectivity index (χ0v) is 17.9. The summed E-state index contributed by atoms with van der Waals surface area (Å²) in [6.07, 6.45) is 0.631. The average molecular weight is 463 g/mol. The molecule has 9 nitrogen and oxygen atoms in total. The van der Waals surface area contributed by atoms with Crippen LogP contribution in [0.4, 0.5) is 19.1 Å². The molecule has 3 atom stereocenters. The van der Waals surface area contributed by atoms with Gasteiger partial charge < -0.3 is 19.4 Å². The number of halogens is 3. The van der Waals surface area contributed by atoms with Crippen LogP contribution in [0.5, 0.6) is 5.88 Å². The van der Waals surface area contributed by atoms with Crippen LogP contribution in [0.1, 0.15) is 55.2 Å². The van der Waals surface area contributed by atoms with Gasteiger partial charge >= 0.3 is 6.18 Å². The highest BCUT2D eigenvalue weighted by Gasteiger charge is 2.38. The standard InChI is InChI=1S/C21H24F3N7O2/c22-21(23,24)16-9-26-20(28-19(16)33-15-10-32-11-15)27-14-3-1-2-13(7-14)18-30-29-17-6-12(8-25)4-5-31(17)18/h9,12-15H,1-7,10-11H2,(H,26,27,28)/t12-,13-,14+/m0/s1. The van der Waals surface area contributed by atoms with Crippen molar-refractivity contribution in [3.05, 3.63) is 23.4 Å². The van der Waals surface area contributed by atoms with Crippen molar-refractivity contribution in [2.75, 3.05) is 18.5 Å². The van der Waals surface area contributed by atoms with Crippen LogP contribution in [0.3, 0.4) is 0 Å². The molecule has 1 saturated heterocycles. The highest BCUT2D eigenvalue weighted by atomic mass is 19.4. The van der Waals surface area contributed by atoms with Gasteiger partial charge in [-0.3, -0.25) is 0 Å². The van der Waals surface area contributed by atoms with Gasteiger partial charge in [0.05, 0.1) is 25.2 Å². The average Bonchev–Trinajstić information content (AvgIpc) is 3.19. The molecule has 1 aliphatic carbocycles. The minimum Gasteiger partial charge on any atom is -0.469 e. The predicted octanol–water partition coefficient (Wildman–Crippen LogP) is 3.09. The molecule has 3 aliphatic rings. The quantitative estimate of drug-likeness (QED) is 0.720. The lowest BCUT2D eigenvalue weighted by Crippen LogP contribution is -2.39. The molecular weight excluding hydrogens is 439 g/mol. The van der Waals surface area contributed by atoms with Crippen LogP contribution in [-0.4, -0.2) is 50.1 Å². The first kappa shape index (κ1) is 21.9. The number of hydrogen-bond acceptors (Lipinski definition) is 8. The van der Waals surface area contributed by atoms with E-state index in [9.17, 15) is 18.4 Å². The lowest BCUT2D eigenvalue weighted by atomic mass is 9.85. The molecular formula is C21H24F3N7O2. The molecule has 2 aliphatic heterocycles. The van der Waals surface area contributed by atoms with Crippen molar-refractivity contribution in [1.29, 1.82) is 5.26 Å². The van der Waals surface area contributed by atoms with Gasteiger partial charge in [-0.05, 0) is 25.7 Å². The number of nitriles is 1. The van der Waals surface area contributed by atoms with Crippen LogP contribution in [0.2, 0.25) is 0 Å². The normalized spacial score (nSPS) is 25.6. The van der Waals surface area contributed by atoms with Gasteiger partial charge in [0, 0.05) is 31.1 Å². The topological polar surface area (TPSA) is 111 Å². The van der Waals surface area contributed by atoms with E-state index in [1.54, 1.807) is 0 Å². The van der Waals surface area contributed by atoms with E-state index in [0.29, 0.717) is 6.42 Å². The van der Waals surface area contributed by atoms with E-state index < -0.39 is 23.7 Å². The van der Waals surface area contributed by atoms with Crippen LogP contribution in [-0.2, 0) is 23.9 Å². The first-order valence-corrected chi connectivity index (χ1v) is 11.2. The Morgan fingerprint density at radius 3 is 2.79 bits per heavy atom. The van der Waals surface area contributed by atoms with Gasteiger partial charge in [-0.1, -0.05) is 6.42 Å². The van der Waals surface area contributed by atoms with Crippen molar-refractivity contribution >= 4 is 5.95 Å². The molecule has 176 valence electrons. The van der Waals surface area contributed by atoms with E-state index in [1.165, 1.54) is 0 Å². The smallest absolute Gasteiger partial charge is 0.423 e. The van der Waals surface area contributed by atoms with Gasteiger partial charge in [-0.15, -0.1) is 10.2 Å². The highest BCUT2D eigenvalue weighted by molar-refractivity contribution is 5.36. The molecule has 2 aromatic rings. The zero-order valence-electron chi connectivity index (χ0n) is 17.9. The van der Waals surface area contributed by atoms with Gasteiger partial charge in [0.15, 0.2) is 0 Å². The minimum atomic E-state index is -4.61. The maximum atomic E-state index is 13.4. The fourth-order valence-corrected chi connectivity index (χ4v) is 4.66. The summed E-state index contributed by atoms with van der Waals surface area (Å²) in [6, 6.07) is 2.30. The lowest BCUT2D eigenvalue weighted by molar-refractivity contribution is -0.142. The van der Waals surface area contributed by atoms with Gasteiger partial charge in [-0.2, -0.15) is 23.4 Å². The van der Waals surface area contributed by atoms with Gasteiger partial charge in [0.2, 0.25) is 11.8 Å². The Bertz CT molecular complexity index is 1050. The molecule has 1 N–H and O–H groups in total. The van der Waals surface area contributed by atoms with Crippen LogP contribution < -0.4 is 10.1 Å². The van der Waals surface area contributed by atoms with Crippen molar-refractivity contribution in [1.82, 2.24) is 24.7 Å². The summed E-state index contributed by atoms with van der Waals surface area (Å²) >= 11 is 0. The number of fused-ring (bicyclic) bond motifs is 1. The SMILES string of the molecule is N#C[C@H]1CCn2c(nnc2[C@H]2CCC[C@@H](Nc3ncc(C(F)(F)F)c(OC4COC4)n3)C2)C1. The molecule has 0 spiro atoms. The predicted molar refractivity (Wildman–Crippen MR) is 108 cm³/mol. The fourth-order valence-electron chi connectivity index (χ4n) is 4.66. The molecule has 0 radical (unpaired) electrons. The molecule has 2 aromatic heterocycles. The third kappa shape index (κ3) is 4.59. The van der Waals surface area contributed by atoms with Crippen LogP contribution in [0.15, 0.2) is 6.20 Å². The summed E-state index contributed by atoms with van der Waals surface area (Å²) in [4.78, 5) is 7.96. The highest BCUT2D eigenvalue weighted by Crippen LogP contribution is 2.37. The summed E-state index contributed by atoms with van der Waals surface area (Å²) < 4.78 is 52.6. The van der Waals surface area contributed by atoms with Crippen LogP contribution in [0.25, 0.3) is 0 Å². The van der Waals surface area contributed by atoms with Crippen molar-refractivity contribution in [3.63, 3.8) is 0 Å². The Morgan fingerprint density at radius 2 is 2.06 bits per heavy atom. The summed E-state index contributed by atoms with van der Waals surface area (Å²) in [5, 5.41) is 21.1. The summed E-state index contributed by atoms with van der Waals surface area (Å²) in [7, 11) is 0. The third-order valence-electron chi connectivity index (χ3n) is 6.49. The molecule has 12 heteroatoms. The van der Waals surface area contributed by atoms with E-state index in [-0.39, 0.29) is 37.0 Å². The Kier molecular flexibility index (Phi) is 5.82. The second-order valence-electron chi connectivity index (χ2n) is 8.84. The summed E-state index contributed by atoms with van der Waals surface area (Å²) in [6.45, 7) is 1.22. The monoisotopic (exact) mass is 463 g/mol. The van der Waals surface area contributed by atoms with E-state index in [2.05, 4.69) is 36.1 Å². The van der Waals surface area contributed by atoms with E-state index in [1.807, 2.05) is 0 Å². The number of nitrogens with zero attached hydrogens (tertiary/aromatic N) is 6. The summed E-state index contributed by atoms with van der Waals surface area (Å²) in [5.41, 5.74) is -0.993. The lowest BCUT2D eigenvalue weighted by Gasteiger charge is -2.31. The van der Waals surface area contributed by atoms with E-state index >= 15 is 0 Å². The van der Waals surface area contributed by atoms with E-state index in [0.717, 1.165) is 56.5 Å². The third-order valence-corrected chi connectivity index (χ3v) is 6.49. The number of rotatable bonds is 5. The molecule has 0 amide bonds. The van der Waals surface area contributed by atoms with Crippen molar-refractivity contribution in [3.8, 4) is 11.9 Å². The number of nitrogens with one attached hydrogen (secondary N) is 1. The largest absolute Gasteiger partial charge is 0.469 e. The maximum absolute atomic E-state index is 13.4. The molecule has 1 saturated carbocycles. The van der Waals surface area contributed by atoms with Crippen LogP contribution >= 0.6 is 0 Å². The number of aromatic nitrogens is 5. The van der Waals surface area contributed by atoms with Gasteiger partial charge in [0.1, 0.15) is 23.3 Å². The first-order chi connectivity index (χ1) is 15.9. The van der Waals surface area contributed by atoms with Crippen LogP contribution in [0, 0.1) is 17.2 Å². The van der Waals surface area contributed by atoms with Crippen molar-refractivity contribution in [2.24, 2.45) is 5.92 Å². The second kappa shape index (κ2) is 8.78. The Morgan fingerprint density at radius 1 is 1.21 bits per heavy atom. The Labute approximate surface area is 188 Å². The molecule has 0 bridgehead atoms. The zero-order chi connectivity index (χ0) is 23.0. The van der Waals surface area contributed by atoms with Gasteiger partial charge in [-0.25, -0.2) is 4.98 Å². The Hall–Kier alpha value is -2.94. The number of anilines is 1. The second-order valence-corrected chi connectivity index (χ2v) is 8.84. The first-order valence-electron chi connectivity index (χ1n) is 11.2. The maximum Gasteiger partial charge on any atom is 0.423 e.